The summed E-state index contributed by atoms with van der Waals surface area (Å²) in [4.78, 5) is 0. The van der Waals surface area contributed by atoms with Gasteiger partial charge in [-0.05, 0) is 17.7 Å². The van der Waals surface area contributed by atoms with E-state index in [-0.39, 0.29) is 0 Å². The molecule has 0 spiro atoms. The molecule has 0 aliphatic carbocycles. The molecule has 5 heteroatoms. The summed E-state index contributed by atoms with van der Waals surface area (Å²) in [5.41, 5.74) is 8.37. The van der Waals surface area contributed by atoms with E-state index in [0.29, 0.717) is 6.54 Å². The molecule has 0 bridgehead atoms. The highest BCUT2D eigenvalue weighted by Crippen LogP contribution is 2.09. The number of aromatic nitrogens is 3. The van der Waals surface area contributed by atoms with Crippen LogP contribution in [0, 0.1) is 0 Å². The minimum absolute atomic E-state index is 0.659. The Morgan fingerprint density at radius 1 is 1.29 bits per heavy atom. The fraction of sp³-hybridized carbons (Fsp3) is 0.333. The number of nitrogens with two attached hydrogens (primary N) is 1. The quantitative estimate of drug-likeness (QED) is 0.594. The molecule has 0 amide bonds. The summed E-state index contributed by atoms with van der Waals surface area (Å²) in [5.74, 6) is 0. The molecule has 2 rings (SSSR count). The minimum atomic E-state index is 0.659. The van der Waals surface area contributed by atoms with Gasteiger partial charge in [0, 0.05) is 19.6 Å². The molecular formula is C9H13N5. The second-order valence-corrected chi connectivity index (χ2v) is 3.11. The molecule has 0 saturated heterocycles. The zero-order valence-electron chi connectivity index (χ0n) is 7.83. The molecular weight excluding hydrogens is 178 g/mol. The maximum Gasteiger partial charge on any atom is 0.113 e. The lowest BCUT2D eigenvalue weighted by atomic mass is 10.2. The third-order valence-electron chi connectivity index (χ3n) is 2.03. The number of rotatable bonds is 4. The van der Waals surface area contributed by atoms with Gasteiger partial charge in [0.15, 0.2) is 0 Å². The predicted octanol–water partition coefficient (Wildman–Crippen LogP) is 0.00620. The Balaban J connectivity index is 2.10. The molecule has 74 valence electrons. The molecule has 0 fully saturated rings. The van der Waals surface area contributed by atoms with Crippen LogP contribution in [0.15, 0.2) is 18.2 Å². The van der Waals surface area contributed by atoms with E-state index in [1.165, 1.54) is 5.56 Å². The maximum absolute atomic E-state index is 5.38. The van der Waals surface area contributed by atoms with E-state index in [9.17, 15) is 0 Å². The Morgan fingerprint density at radius 2 is 2.14 bits per heavy atom. The largest absolute Gasteiger partial charge is 0.329 e. The first-order chi connectivity index (χ1) is 6.90. The standard InChI is InChI=1S/C9H13N5/c10-3-4-11-6-7-1-2-8-9(5-7)13-14-12-8/h1-2,5,11H,3-4,6,10H2,(H,12,13,14). The Kier molecular flexibility index (Phi) is 2.71. The number of hydrogen-bond acceptors (Lipinski definition) is 4. The van der Waals surface area contributed by atoms with E-state index in [4.69, 9.17) is 5.73 Å². The molecule has 5 nitrogen and oxygen atoms in total. The van der Waals surface area contributed by atoms with Crippen LogP contribution in [0.2, 0.25) is 0 Å². The van der Waals surface area contributed by atoms with Gasteiger partial charge in [-0.15, -0.1) is 0 Å². The first-order valence-corrected chi connectivity index (χ1v) is 4.60. The van der Waals surface area contributed by atoms with Gasteiger partial charge in [0.1, 0.15) is 11.0 Å². The summed E-state index contributed by atoms with van der Waals surface area (Å²) in [5, 5.41) is 13.8. The summed E-state index contributed by atoms with van der Waals surface area (Å²) in [6, 6.07) is 6.01. The van der Waals surface area contributed by atoms with Crippen molar-refractivity contribution in [2.75, 3.05) is 13.1 Å². The van der Waals surface area contributed by atoms with E-state index in [2.05, 4.69) is 20.7 Å². The Labute approximate surface area is 81.7 Å². The lowest BCUT2D eigenvalue weighted by molar-refractivity contribution is 0.695. The van der Waals surface area contributed by atoms with Crippen LogP contribution in [-0.2, 0) is 6.54 Å². The van der Waals surface area contributed by atoms with Crippen LogP contribution in [0.5, 0.6) is 0 Å². The van der Waals surface area contributed by atoms with E-state index in [0.717, 1.165) is 24.1 Å². The van der Waals surface area contributed by atoms with Crippen LogP contribution in [-0.4, -0.2) is 28.5 Å². The van der Waals surface area contributed by atoms with E-state index in [1.54, 1.807) is 0 Å². The van der Waals surface area contributed by atoms with Crippen LogP contribution < -0.4 is 11.1 Å². The molecule has 1 aromatic carbocycles. The summed E-state index contributed by atoms with van der Waals surface area (Å²) in [6.45, 7) is 2.31. The van der Waals surface area contributed by atoms with E-state index in [1.807, 2.05) is 18.2 Å². The summed E-state index contributed by atoms with van der Waals surface area (Å²) in [7, 11) is 0. The SMILES string of the molecule is NCCNCc1ccc2n[nH]nc2c1. The van der Waals surface area contributed by atoms with Gasteiger partial charge in [-0.2, -0.15) is 15.4 Å². The molecule has 0 radical (unpaired) electrons. The van der Waals surface area contributed by atoms with Gasteiger partial charge in [-0.3, -0.25) is 0 Å². The summed E-state index contributed by atoms with van der Waals surface area (Å²) in [6.07, 6.45) is 0. The van der Waals surface area contributed by atoms with E-state index < -0.39 is 0 Å². The Hall–Kier alpha value is -1.46. The van der Waals surface area contributed by atoms with Crippen molar-refractivity contribution in [3.8, 4) is 0 Å². The van der Waals surface area contributed by atoms with Gasteiger partial charge in [0.25, 0.3) is 0 Å². The molecule has 0 atom stereocenters. The van der Waals surface area contributed by atoms with Crippen LogP contribution in [0.4, 0.5) is 0 Å². The van der Waals surface area contributed by atoms with Crippen molar-refractivity contribution in [3.05, 3.63) is 23.8 Å². The fourth-order valence-corrected chi connectivity index (χ4v) is 1.33. The van der Waals surface area contributed by atoms with Crippen molar-refractivity contribution in [1.82, 2.24) is 20.7 Å². The van der Waals surface area contributed by atoms with Crippen molar-refractivity contribution in [2.24, 2.45) is 5.73 Å². The van der Waals surface area contributed by atoms with Crippen LogP contribution in [0.1, 0.15) is 5.56 Å². The van der Waals surface area contributed by atoms with Gasteiger partial charge in [-0.1, -0.05) is 6.07 Å². The van der Waals surface area contributed by atoms with Gasteiger partial charge in [0.2, 0.25) is 0 Å². The van der Waals surface area contributed by atoms with Crippen molar-refractivity contribution in [1.29, 1.82) is 0 Å². The predicted molar refractivity (Wildman–Crippen MR) is 54.6 cm³/mol. The molecule has 1 aromatic heterocycles. The number of aromatic amines is 1. The number of H-pyrrole nitrogens is 1. The average molecular weight is 191 g/mol. The molecule has 14 heavy (non-hydrogen) atoms. The van der Waals surface area contributed by atoms with Crippen molar-refractivity contribution in [2.45, 2.75) is 6.54 Å². The zero-order valence-corrected chi connectivity index (χ0v) is 7.83. The second kappa shape index (κ2) is 4.17. The smallest absolute Gasteiger partial charge is 0.113 e. The molecule has 0 saturated carbocycles. The van der Waals surface area contributed by atoms with Crippen molar-refractivity contribution in [3.63, 3.8) is 0 Å². The minimum Gasteiger partial charge on any atom is -0.329 e. The van der Waals surface area contributed by atoms with Gasteiger partial charge in [-0.25, -0.2) is 0 Å². The molecule has 1 heterocycles. The maximum atomic E-state index is 5.38. The molecule has 2 aromatic rings. The number of hydrogen-bond donors (Lipinski definition) is 3. The molecule has 0 aliphatic heterocycles. The van der Waals surface area contributed by atoms with Gasteiger partial charge in [0.05, 0.1) is 0 Å². The summed E-state index contributed by atoms with van der Waals surface area (Å²) >= 11 is 0. The number of nitrogens with zero attached hydrogens (tertiary/aromatic N) is 2. The van der Waals surface area contributed by atoms with Crippen LogP contribution in [0.25, 0.3) is 11.0 Å². The monoisotopic (exact) mass is 191 g/mol. The van der Waals surface area contributed by atoms with E-state index >= 15 is 0 Å². The highest BCUT2D eigenvalue weighted by Gasteiger charge is 1.98. The van der Waals surface area contributed by atoms with Crippen LogP contribution in [0.3, 0.4) is 0 Å². The van der Waals surface area contributed by atoms with Crippen molar-refractivity contribution < 1.29 is 0 Å². The summed E-state index contributed by atoms with van der Waals surface area (Å²) < 4.78 is 0. The first kappa shape index (κ1) is 9.11. The normalized spacial score (nSPS) is 10.9. The van der Waals surface area contributed by atoms with Crippen molar-refractivity contribution >= 4 is 11.0 Å². The lowest BCUT2D eigenvalue weighted by Crippen LogP contribution is -2.21. The topological polar surface area (TPSA) is 79.6 Å². The highest BCUT2D eigenvalue weighted by atomic mass is 15.3. The second-order valence-electron chi connectivity index (χ2n) is 3.11. The number of nitrogens with one attached hydrogen (secondary N) is 2. The first-order valence-electron chi connectivity index (χ1n) is 4.60. The number of benzene rings is 1. The number of fused-ring (bicyclic) bond motifs is 1. The fourth-order valence-electron chi connectivity index (χ4n) is 1.33. The van der Waals surface area contributed by atoms with Crippen LogP contribution >= 0.6 is 0 Å². The highest BCUT2D eigenvalue weighted by molar-refractivity contribution is 5.74. The Morgan fingerprint density at radius 3 is 3.00 bits per heavy atom. The van der Waals surface area contributed by atoms with Gasteiger partial charge >= 0.3 is 0 Å². The third-order valence-corrected chi connectivity index (χ3v) is 2.03. The third kappa shape index (κ3) is 1.89. The average Bonchev–Trinajstić information content (AvgIpc) is 2.65. The molecule has 0 aliphatic rings. The molecule has 0 unspecified atom stereocenters. The lowest BCUT2D eigenvalue weighted by Gasteiger charge is -2.02. The zero-order chi connectivity index (χ0) is 9.80. The Bertz CT molecular complexity index is 408. The molecule has 4 N–H and O–H groups in total. The van der Waals surface area contributed by atoms with Gasteiger partial charge < -0.3 is 11.1 Å².